The van der Waals surface area contributed by atoms with Gasteiger partial charge >= 0.3 is 0 Å². The van der Waals surface area contributed by atoms with Crippen LogP contribution in [0.15, 0.2) is 30.3 Å². The number of hydrogen-bond donors (Lipinski definition) is 0. The molecule has 1 aromatic carbocycles. The molecule has 0 spiro atoms. The van der Waals surface area contributed by atoms with E-state index in [1.165, 1.54) is 50.6 Å². The lowest BCUT2D eigenvalue weighted by molar-refractivity contribution is 0.143. The fourth-order valence-corrected chi connectivity index (χ4v) is 4.24. The second-order valence-electron chi connectivity index (χ2n) is 6.15. The van der Waals surface area contributed by atoms with Crippen LogP contribution in [0.5, 0.6) is 0 Å². The number of benzene rings is 1. The van der Waals surface area contributed by atoms with Crippen LogP contribution in [0.2, 0.25) is 0 Å². The molecule has 1 heteroatoms. The van der Waals surface area contributed by atoms with E-state index in [1.54, 1.807) is 0 Å². The summed E-state index contributed by atoms with van der Waals surface area (Å²) in [6.45, 7) is 0. The van der Waals surface area contributed by atoms with Gasteiger partial charge in [-0.25, -0.2) is 0 Å². The first-order valence-electron chi connectivity index (χ1n) is 7.64. The molecule has 2 fully saturated rings. The van der Waals surface area contributed by atoms with E-state index in [2.05, 4.69) is 42.3 Å². The molecule has 0 aromatic heterocycles. The molecule has 18 heavy (non-hydrogen) atoms. The Hall–Kier alpha value is -0.980. The van der Waals surface area contributed by atoms with Crippen molar-refractivity contribution in [2.24, 2.45) is 11.8 Å². The van der Waals surface area contributed by atoms with Crippen LogP contribution < -0.4 is 4.90 Å². The molecule has 2 aliphatic rings. The summed E-state index contributed by atoms with van der Waals surface area (Å²) in [6, 6.07) is 11.7. The predicted octanol–water partition coefficient (Wildman–Crippen LogP) is 4.48. The number of nitrogens with zero attached hydrogens (tertiary/aromatic N) is 1. The summed E-state index contributed by atoms with van der Waals surface area (Å²) in [5, 5.41) is 0. The quantitative estimate of drug-likeness (QED) is 0.740. The third kappa shape index (κ3) is 2.28. The van der Waals surface area contributed by atoms with E-state index in [4.69, 9.17) is 0 Å². The lowest BCUT2D eigenvalue weighted by atomic mass is 9.68. The molecule has 98 valence electrons. The normalized spacial score (nSPS) is 31.7. The van der Waals surface area contributed by atoms with Crippen LogP contribution in [0.3, 0.4) is 0 Å². The van der Waals surface area contributed by atoms with E-state index in [-0.39, 0.29) is 0 Å². The summed E-state index contributed by atoms with van der Waals surface area (Å²) >= 11 is 0. The fourth-order valence-electron chi connectivity index (χ4n) is 4.24. The molecule has 3 rings (SSSR count). The summed E-state index contributed by atoms with van der Waals surface area (Å²) < 4.78 is 0. The van der Waals surface area contributed by atoms with E-state index in [0.717, 1.165) is 17.9 Å². The highest BCUT2D eigenvalue weighted by Gasteiger charge is 2.36. The van der Waals surface area contributed by atoms with Gasteiger partial charge in [-0.15, -0.1) is 0 Å². The molecular weight excluding hydrogens is 218 g/mol. The van der Waals surface area contributed by atoms with Gasteiger partial charge in [-0.1, -0.05) is 50.3 Å². The van der Waals surface area contributed by atoms with Crippen molar-refractivity contribution in [2.75, 3.05) is 11.9 Å². The third-order valence-corrected chi connectivity index (χ3v) is 5.20. The summed E-state index contributed by atoms with van der Waals surface area (Å²) in [4.78, 5) is 2.56. The first-order chi connectivity index (χ1) is 8.86. The van der Waals surface area contributed by atoms with Gasteiger partial charge in [0.15, 0.2) is 0 Å². The maximum atomic E-state index is 2.56. The molecule has 1 nitrogen and oxygen atoms in total. The molecule has 2 aliphatic carbocycles. The molecular formula is C17H25N. The summed E-state index contributed by atoms with van der Waals surface area (Å²) in [7, 11) is 2.30. The second kappa shape index (κ2) is 5.34. The minimum Gasteiger partial charge on any atom is -0.371 e. The molecule has 3 unspecified atom stereocenters. The third-order valence-electron chi connectivity index (χ3n) is 5.20. The maximum Gasteiger partial charge on any atom is 0.0366 e. The number of fused-ring (bicyclic) bond motifs is 1. The van der Waals surface area contributed by atoms with Crippen molar-refractivity contribution in [3.63, 3.8) is 0 Å². The Morgan fingerprint density at radius 3 is 2.44 bits per heavy atom. The standard InChI is InChI=1S/C17H25N/c1-18(15-10-3-2-4-11-15)17-13-7-9-14-8-5-6-12-16(14)17/h2-4,10-11,14,16-17H,5-9,12-13H2,1H3. The molecule has 0 radical (unpaired) electrons. The van der Waals surface area contributed by atoms with Gasteiger partial charge in [0.05, 0.1) is 0 Å². The lowest BCUT2D eigenvalue weighted by Gasteiger charge is -2.46. The van der Waals surface area contributed by atoms with Crippen LogP contribution in [0, 0.1) is 11.8 Å². The highest BCUT2D eigenvalue weighted by atomic mass is 15.1. The van der Waals surface area contributed by atoms with E-state index in [1.807, 2.05) is 0 Å². The largest absolute Gasteiger partial charge is 0.371 e. The Morgan fingerprint density at radius 1 is 0.889 bits per heavy atom. The Labute approximate surface area is 111 Å². The minimum atomic E-state index is 0.784. The van der Waals surface area contributed by atoms with Crippen LogP contribution in [-0.2, 0) is 0 Å². The molecule has 1 aromatic rings. The molecule has 2 saturated carbocycles. The summed E-state index contributed by atoms with van der Waals surface area (Å²) in [5.74, 6) is 1.97. The van der Waals surface area contributed by atoms with Gasteiger partial charge in [-0.2, -0.15) is 0 Å². The molecule has 3 atom stereocenters. The van der Waals surface area contributed by atoms with Crippen LogP contribution in [0.4, 0.5) is 5.69 Å². The van der Waals surface area contributed by atoms with Gasteiger partial charge in [-0.3, -0.25) is 0 Å². The van der Waals surface area contributed by atoms with Crippen molar-refractivity contribution in [3.05, 3.63) is 30.3 Å². The first-order valence-corrected chi connectivity index (χ1v) is 7.64. The Balaban J connectivity index is 1.77. The van der Waals surface area contributed by atoms with E-state index >= 15 is 0 Å². The zero-order chi connectivity index (χ0) is 12.4. The SMILES string of the molecule is CN(c1ccccc1)C1CCCC2CCCCC21. The predicted molar refractivity (Wildman–Crippen MR) is 77.9 cm³/mol. The topological polar surface area (TPSA) is 3.24 Å². The number of para-hydroxylation sites is 1. The molecule has 0 heterocycles. The van der Waals surface area contributed by atoms with Crippen LogP contribution in [0.25, 0.3) is 0 Å². The van der Waals surface area contributed by atoms with E-state index < -0.39 is 0 Å². The lowest BCUT2D eigenvalue weighted by Crippen LogP contribution is -2.45. The van der Waals surface area contributed by atoms with Gasteiger partial charge < -0.3 is 4.90 Å². The second-order valence-corrected chi connectivity index (χ2v) is 6.15. The highest BCUT2D eigenvalue weighted by Crippen LogP contribution is 2.42. The van der Waals surface area contributed by atoms with Crippen LogP contribution >= 0.6 is 0 Å². The molecule has 0 aliphatic heterocycles. The summed E-state index contributed by atoms with van der Waals surface area (Å²) in [5.41, 5.74) is 1.40. The number of anilines is 1. The Kier molecular flexibility index (Phi) is 3.58. The Morgan fingerprint density at radius 2 is 1.61 bits per heavy atom. The van der Waals surface area contributed by atoms with Crippen molar-refractivity contribution in [2.45, 2.75) is 51.0 Å². The zero-order valence-corrected chi connectivity index (χ0v) is 11.5. The molecule has 0 saturated heterocycles. The number of hydrogen-bond acceptors (Lipinski definition) is 1. The van der Waals surface area contributed by atoms with E-state index in [0.29, 0.717) is 0 Å². The smallest absolute Gasteiger partial charge is 0.0366 e. The minimum absolute atomic E-state index is 0.784. The zero-order valence-electron chi connectivity index (χ0n) is 11.5. The van der Waals surface area contributed by atoms with Crippen molar-refractivity contribution >= 4 is 5.69 Å². The molecule has 0 N–H and O–H groups in total. The molecule has 0 amide bonds. The van der Waals surface area contributed by atoms with Gasteiger partial charge in [0.25, 0.3) is 0 Å². The van der Waals surface area contributed by atoms with Crippen molar-refractivity contribution < 1.29 is 0 Å². The first kappa shape index (κ1) is 12.1. The fraction of sp³-hybridized carbons (Fsp3) is 0.647. The van der Waals surface area contributed by atoms with Gasteiger partial charge in [0.1, 0.15) is 0 Å². The molecule has 0 bridgehead atoms. The van der Waals surface area contributed by atoms with Crippen LogP contribution in [0.1, 0.15) is 44.9 Å². The monoisotopic (exact) mass is 243 g/mol. The maximum absolute atomic E-state index is 2.56. The summed E-state index contributed by atoms with van der Waals surface area (Å²) in [6.07, 6.45) is 10.2. The van der Waals surface area contributed by atoms with Gasteiger partial charge in [-0.05, 0) is 36.8 Å². The number of rotatable bonds is 2. The van der Waals surface area contributed by atoms with Crippen LogP contribution in [-0.4, -0.2) is 13.1 Å². The average molecular weight is 243 g/mol. The van der Waals surface area contributed by atoms with Crippen molar-refractivity contribution in [3.8, 4) is 0 Å². The highest BCUT2D eigenvalue weighted by molar-refractivity contribution is 5.46. The van der Waals surface area contributed by atoms with E-state index in [9.17, 15) is 0 Å². The van der Waals surface area contributed by atoms with Gasteiger partial charge in [0.2, 0.25) is 0 Å². The van der Waals surface area contributed by atoms with Crippen molar-refractivity contribution in [1.82, 2.24) is 0 Å². The van der Waals surface area contributed by atoms with Crippen molar-refractivity contribution in [1.29, 1.82) is 0 Å². The average Bonchev–Trinajstić information content (AvgIpc) is 2.47. The van der Waals surface area contributed by atoms with Gasteiger partial charge in [0, 0.05) is 18.8 Å². The Bertz CT molecular complexity index is 370.